The topological polar surface area (TPSA) is 26.3 Å². The minimum Gasteiger partial charge on any atom is -0.466 e. The lowest BCUT2D eigenvalue weighted by atomic mass is 10.5. The van der Waals surface area contributed by atoms with Crippen molar-refractivity contribution in [3.05, 3.63) is 0 Å². The molecule has 0 aliphatic rings. The van der Waals surface area contributed by atoms with E-state index in [0.717, 1.165) is 0 Å². The standard InChI is InChI=1S/C5H10O2/c1-3-5(6)7-4-2/h3-4H2,1-2H3/i1D3,3D2. The quantitative estimate of drug-likeness (QED) is 0.491. The lowest BCUT2D eigenvalue weighted by Gasteiger charge is -1.93. The van der Waals surface area contributed by atoms with Crippen molar-refractivity contribution in [3.8, 4) is 0 Å². The second-order valence-electron chi connectivity index (χ2n) is 0.845. The van der Waals surface area contributed by atoms with E-state index in [0.29, 0.717) is 0 Å². The third-order valence-electron chi connectivity index (χ3n) is 0.377. The maximum Gasteiger partial charge on any atom is 0.305 e. The fourth-order valence-corrected chi connectivity index (χ4v) is 0.167. The number of carbonyl (C=O) groups excluding carboxylic acids is 1. The molecule has 0 aromatic carbocycles. The van der Waals surface area contributed by atoms with E-state index in [2.05, 4.69) is 4.74 Å². The fraction of sp³-hybridized carbons (Fsp3) is 0.800. The summed E-state index contributed by atoms with van der Waals surface area (Å²) in [6, 6.07) is 0. The average Bonchev–Trinajstić information content (AvgIpc) is 1.85. The van der Waals surface area contributed by atoms with Gasteiger partial charge in [0.2, 0.25) is 0 Å². The summed E-state index contributed by atoms with van der Waals surface area (Å²) in [4.78, 5) is 10.8. The van der Waals surface area contributed by atoms with E-state index in [1.807, 2.05) is 0 Å². The van der Waals surface area contributed by atoms with Crippen LogP contribution in [0, 0.1) is 0 Å². The van der Waals surface area contributed by atoms with E-state index in [4.69, 9.17) is 6.85 Å². The highest BCUT2D eigenvalue weighted by Crippen LogP contribution is 1.80. The summed E-state index contributed by atoms with van der Waals surface area (Å²) in [5.74, 6) is -1.34. The van der Waals surface area contributed by atoms with Crippen molar-refractivity contribution in [3.63, 3.8) is 0 Å². The molecule has 0 spiro atoms. The minimum absolute atomic E-state index is 0.0333. The molecule has 7 heavy (non-hydrogen) atoms. The smallest absolute Gasteiger partial charge is 0.305 e. The zero-order valence-electron chi connectivity index (χ0n) is 9.02. The van der Waals surface area contributed by atoms with Crippen molar-refractivity contribution < 1.29 is 16.4 Å². The van der Waals surface area contributed by atoms with E-state index >= 15 is 0 Å². The summed E-state index contributed by atoms with van der Waals surface area (Å²) in [5.41, 5.74) is 0. The second kappa shape index (κ2) is 3.65. The molecular formula is C5H10O2. The van der Waals surface area contributed by atoms with E-state index in [-0.39, 0.29) is 6.61 Å². The summed E-state index contributed by atoms with van der Waals surface area (Å²) >= 11 is 0. The Labute approximate surface area is 50.5 Å². The molecule has 0 atom stereocenters. The fourth-order valence-electron chi connectivity index (χ4n) is 0.167. The number of esters is 1. The average molecular weight is 107 g/mol. The molecule has 0 aliphatic carbocycles. The molecule has 0 saturated carbocycles. The molecule has 0 radical (unpaired) electrons. The zero-order valence-corrected chi connectivity index (χ0v) is 4.02. The first-order valence-corrected chi connectivity index (χ1v) is 1.90. The highest BCUT2D eigenvalue weighted by atomic mass is 16.5. The second-order valence-corrected chi connectivity index (χ2v) is 0.845. The van der Waals surface area contributed by atoms with Gasteiger partial charge in [0.25, 0.3) is 0 Å². The highest BCUT2D eigenvalue weighted by Gasteiger charge is 1.91. The van der Waals surface area contributed by atoms with Crippen molar-refractivity contribution in [2.45, 2.75) is 20.1 Å². The van der Waals surface area contributed by atoms with E-state index < -0.39 is 19.2 Å². The van der Waals surface area contributed by atoms with Gasteiger partial charge in [0.1, 0.15) is 0 Å². The van der Waals surface area contributed by atoms with Gasteiger partial charge in [-0.1, -0.05) is 6.85 Å². The summed E-state index contributed by atoms with van der Waals surface area (Å²) in [6.07, 6.45) is -2.91. The molecule has 0 amide bonds. The number of rotatable bonds is 2. The first-order valence-electron chi connectivity index (χ1n) is 4.40. The summed E-state index contributed by atoms with van der Waals surface area (Å²) in [7, 11) is 0. The van der Waals surface area contributed by atoms with Crippen LogP contribution in [-0.2, 0) is 9.53 Å². The minimum atomic E-state index is -2.97. The van der Waals surface area contributed by atoms with Gasteiger partial charge in [0.15, 0.2) is 0 Å². The van der Waals surface area contributed by atoms with Crippen LogP contribution in [0.15, 0.2) is 0 Å². The van der Waals surface area contributed by atoms with Crippen LogP contribution in [0.2, 0.25) is 0 Å². The molecule has 42 valence electrons. The predicted octanol–water partition coefficient (Wildman–Crippen LogP) is 0.960. The Hall–Kier alpha value is -0.530. The van der Waals surface area contributed by atoms with Crippen LogP contribution in [0.4, 0.5) is 0 Å². The molecule has 0 rings (SSSR count). The van der Waals surface area contributed by atoms with Crippen molar-refractivity contribution >= 4 is 5.97 Å². The molecule has 0 N–H and O–H groups in total. The Bertz CT molecular complexity index is 173. The third kappa shape index (κ3) is 3.30. The third-order valence-corrected chi connectivity index (χ3v) is 0.377. The van der Waals surface area contributed by atoms with Crippen LogP contribution < -0.4 is 0 Å². The Balaban J connectivity index is 4.50. The van der Waals surface area contributed by atoms with Crippen LogP contribution in [0.25, 0.3) is 0 Å². The van der Waals surface area contributed by atoms with Gasteiger partial charge in [-0.3, -0.25) is 4.79 Å². The zero-order chi connectivity index (χ0) is 9.99. The normalized spacial score (nSPS) is 22.7. The van der Waals surface area contributed by atoms with Crippen LogP contribution in [0.5, 0.6) is 0 Å². The molecule has 2 nitrogen and oxygen atoms in total. The Morgan fingerprint density at radius 2 is 2.86 bits per heavy atom. The molecule has 0 unspecified atom stereocenters. The number of ether oxygens (including phenoxy) is 1. The van der Waals surface area contributed by atoms with Gasteiger partial charge in [-0.15, -0.1) is 0 Å². The summed E-state index contributed by atoms with van der Waals surface area (Å²) in [5, 5.41) is 0. The van der Waals surface area contributed by atoms with Crippen LogP contribution in [0.1, 0.15) is 27.0 Å². The van der Waals surface area contributed by atoms with Crippen molar-refractivity contribution in [1.82, 2.24) is 0 Å². The summed E-state index contributed by atoms with van der Waals surface area (Å²) in [6.45, 7) is -1.53. The first-order chi connectivity index (χ1) is 5.23. The maximum atomic E-state index is 10.8. The summed E-state index contributed by atoms with van der Waals surface area (Å²) < 4.78 is 38.2. The number of hydrogen-bond donors (Lipinski definition) is 0. The van der Waals surface area contributed by atoms with Gasteiger partial charge in [0.05, 0.1) is 6.61 Å². The molecule has 0 fully saturated rings. The number of carbonyl (C=O) groups is 1. The first kappa shape index (κ1) is 1.77. The Morgan fingerprint density at radius 3 is 3.29 bits per heavy atom. The van der Waals surface area contributed by atoms with Crippen molar-refractivity contribution in [2.24, 2.45) is 0 Å². The Kier molecular flexibility index (Phi) is 0.922. The molecule has 0 aromatic heterocycles. The molecule has 0 heterocycles. The molecule has 2 heteroatoms. The number of hydrogen-bond acceptors (Lipinski definition) is 2. The van der Waals surface area contributed by atoms with Crippen molar-refractivity contribution in [2.75, 3.05) is 6.61 Å². The lowest BCUT2D eigenvalue weighted by molar-refractivity contribution is -0.142. The van der Waals surface area contributed by atoms with E-state index in [1.165, 1.54) is 6.92 Å². The largest absolute Gasteiger partial charge is 0.466 e. The molecule has 0 aromatic rings. The lowest BCUT2D eigenvalue weighted by Crippen LogP contribution is -2.00. The van der Waals surface area contributed by atoms with E-state index in [1.54, 1.807) is 0 Å². The highest BCUT2D eigenvalue weighted by molar-refractivity contribution is 5.68. The predicted molar refractivity (Wildman–Crippen MR) is 26.9 cm³/mol. The SMILES string of the molecule is [2H]C([2H])([2H])C([2H])([2H])C(=O)OCC. The van der Waals surface area contributed by atoms with Gasteiger partial charge in [-0.25, -0.2) is 0 Å². The monoisotopic (exact) mass is 107 g/mol. The van der Waals surface area contributed by atoms with Crippen LogP contribution in [0.3, 0.4) is 0 Å². The molecular weight excluding hydrogens is 92.1 g/mol. The van der Waals surface area contributed by atoms with Crippen molar-refractivity contribution in [1.29, 1.82) is 0 Å². The van der Waals surface area contributed by atoms with Gasteiger partial charge in [-0.2, -0.15) is 0 Å². The molecule has 0 aliphatic heterocycles. The van der Waals surface area contributed by atoms with Gasteiger partial charge >= 0.3 is 5.97 Å². The van der Waals surface area contributed by atoms with Crippen LogP contribution in [-0.4, -0.2) is 12.6 Å². The van der Waals surface area contributed by atoms with Gasteiger partial charge in [-0.05, 0) is 6.92 Å². The molecule has 0 saturated heterocycles. The van der Waals surface area contributed by atoms with Gasteiger partial charge in [0, 0.05) is 13.2 Å². The van der Waals surface area contributed by atoms with Gasteiger partial charge < -0.3 is 4.74 Å². The van der Waals surface area contributed by atoms with Crippen LogP contribution >= 0.6 is 0 Å². The maximum absolute atomic E-state index is 10.8. The van der Waals surface area contributed by atoms with E-state index in [9.17, 15) is 4.79 Å². The molecule has 0 bridgehead atoms. The Morgan fingerprint density at radius 1 is 2.14 bits per heavy atom.